The molecule has 1 aromatic heterocycles. The lowest BCUT2D eigenvalue weighted by molar-refractivity contribution is -0.114. The van der Waals surface area contributed by atoms with Gasteiger partial charge in [-0.2, -0.15) is 0 Å². The molecule has 128 valence electrons. The van der Waals surface area contributed by atoms with E-state index in [9.17, 15) is 4.79 Å². The molecule has 1 aromatic carbocycles. The van der Waals surface area contributed by atoms with Gasteiger partial charge in [-0.15, -0.1) is 10.2 Å². The normalized spacial score (nSPS) is 17.2. The van der Waals surface area contributed by atoms with E-state index in [1.807, 2.05) is 24.3 Å². The SMILES string of the molecule is COc1ccc(-c2nnc(SCC(C)=O)n2CC2CCCO2)cc1. The number of ketones is 1. The van der Waals surface area contributed by atoms with Gasteiger partial charge in [0.2, 0.25) is 0 Å². The summed E-state index contributed by atoms with van der Waals surface area (Å²) in [6.45, 7) is 3.09. The lowest BCUT2D eigenvalue weighted by atomic mass is 10.2. The molecule has 6 nitrogen and oxygen atoms in total. The average Bonchev–Trinajstić information content (AvgIpc) is 3.23. The molecule has 0 aliphatic carbocycles. The van der Waals surface area contributed by atoms with Crippen LogP contribution < -0.4 is 4.74 Å². The van der Waals surface area contributed by atoms with E-state index in [0.29, 0.717) is 12.3 Å². The first-order valence-electron chi connectivity index (χ1n) is 7.99. The molecular formula is C17H21N3O3S. The van der Waals surface area contributed by atoms with Crippen LogP contribution in [0.1, 0.15) is 19.8 Å². The number of aromatic nitrogens is 3. The van der Waals surface area contributed by atoms with Crippen LogP contribution >= 0.6 is 11.8 Å². The van der Waals surface area contributed by atoms with Crippen LogP contribution in [0.2, 0.25) is 0 Å². The molecule has 0 saturated carbocycles. The van der Waals surface area contributed by atoms with E-state index < -0.39 is 0 Å². The van der Waals surface area contributed by atoms with Crippen molar-refractivity contribution in [3.63, 3.8) is 0 Å². The van der Waals surface area contributed by atoms with Crippen molar-refractivity contribution in [3.05, 3.63) is 24.3 Å². The number of hydrogen-bond donors (Lipinski definition) is 0. The number of Topliss-reactive ketones (excluding diaryl/α,β-unsaturated/α-hetero) is 1. The van der Waals surface area contributed by atoms with Crippen molar-refractivity contribution >= 4 is 17.5 Å². The second-order valence-corrected chi connectivity index (χ2v) is 6.71. The zero-order valence-electron chi connectivity index (χ0n) is 13.9. The summed E-state index contributed by atoms with van der Waals surface area (Å²) in [5, 5.41) is 9.39. The summed E-state index contributed by atoms with van der Waals surface area (Å²) in [4.78, 5) is 11.3. The molecule has 3 rings (SSSR count). The topological polar surface area (TPSA) is 66.2 Å². The Labute approximate surface area is 145 Å². The number of methoxy groups -OCH3 is 1. The van der Waals surface area contributed by atoms with Crippen molar-refractivity contribution in [2.24, 2.45) is 0 Å². The molecule has 0 bridgehead atoms. The van der Waals surface area contributed by atoms with Crippen LogP contribution in [-0.4, -0.2) is 46.1 Å². The summed E-state index contributed by atoms with van der Waals surface area (Å²) < 4.78 is 13.0. The standard InChI is InChI=1S/C17H21N3O3S/c1-12(21)11-24-17-19-18-16(13-5-7-14(22-2)8-6-13)20(17)10-15-4-3-9-23-15/h5-8,15H,3-4,9-11H2,1-2H3. The maximum atomic E-state index is 11.3. The smallest absolute Gasteiger partial charge is 0.192 e. The molecule has 7 heteroatoms. The third-order valence-electron chi connectivity index (χ3n) is 3.88. The number of rotatable bonds is 7. The Kier molecular flexibility index (Phi) is 5.52. The van der Waals surface area contributed by atoms with Gasteiger partial charge in [-0.25, -0.2) is 0 Å². The van der Waals surface area contributed by atoms with Crippen LogP contribution in [0.3, 0.4) is 0 Å². The summed E-state index contributed by atoms with van der Waals surface area (Å²) in [5.74, 6) is 2.11. The number of ether oxygens (including phenoxy) is 2. The second kappa shape index (κ2) is 7.81. The molecule has 0 radical (unpaired) electrons. The maximum absolute atomic E-state index is 11.3. The van der Waals surface area contributed by atoms with Gasteiger partial charge in [0.15, 0.2) is 11.0 Å². The predicted octanol–water partition coefficient (Wildman–Crippen LogP) is 2.81. The second-order valence-electron chi connectivity index (χ2n) is 5.77. The predicted molar refractivity (Wildman–Crippen MR) is 92.4 cm³/mol. The fourth-order valence-corrected chi connectivity index (χ4v) is 3.42. The third kappa shape index (κ3) is 3.96. The number of carbonyl (C=O) groups is 1. The first kappa shape index (κ1) is 17.0. The van der Waals surface area contributed by atoms with Crippen LogP contribution in [0.5, 0.6) is 5.75 Å². The fourth-order valence-electron chi connectivity index (χ4n) is 2.67. The van der Waals surface area contributed by atoms with E-state index in [-0.39, 0.29) is 11.9 Å². The molecule has 0 spiro atoms. The Balaban J connectivity index is 1.89. The number of hydrogen-bond acceptors (Lipinski definition) is 6. The van der Waals surface area contributed by atoms with Gasteiger partial charge in [0.05, 0.1) is 25.5 Å². The minimum atomic E-state index is 0.123. The summed E-state index contributed by atoms with van der Waals surface area (Å²) in [6, 6.07) is 7.74. The van der Waals surface area contributed by atoms with E-state index in [0.717, 1.165) is 41.7 Å². The van der Waals surface area contributed by atoms with E-state index in [1.54, 1.807) is 14.0 Å². The Hall–Kier alpha value is -1.86. The van der Waals surface area contributed by atoms with Crippen molar-refractivity contribution in [1.82, 2.24) is 14.8 Å². The van der Waals surface area contributed by atoms with Crippen LogP contribution in [0, 0.1) is 0 Å². The van der Waals surface area contributed by atoms with Crippen LogP contribution in [0.25, 0.3) is 11.4 Å². The molecule has 2 heterocycles. The number of benzene rings is 1. The van der Waals surface area contributed by atoms with E-state index >= 15 is 0 Å². The molecule has 2 aromatic rings. The Bertz CT molecular complexity index is 694. The van der Waals surface area contributed by atoms with Crippen LogP contribution in [-0.2, 0) is 16.1 Å². The highest BCUT2D eigenvalue weighted by Gasteiger charge is 2.22. The number of carbonyl (C=O) groups excluding carboxylic acids is 1. The van der Waals surface area contributed by atoms with Gasteiger partial charge in [-0.05, 0) is 44.0 Å². The number of nitrogens with zero attached hydrogens (tertiary/aromatic N) is 3. The molecule has 0 amide bonds. The van der Waals surface area contributed by atoms with E-state index in [1.165, 1.54) is 11.8 Å². The quantitative estimate of drug-likeness (QED) is 0.718. The minimum absolute atomic E-state index is 0.123. The Morgan fingerprint density at radius 1 is 1.38 bits per heavy atom. The summed E-state index contributed by atoms with van der Waals surface area (Å²) >= 11 is 1.42. The van der Waals surface area contributed by atoms with E-state index in [4.69, 9.17) is 9.47 Å². The highest BCUT2D eigenvalue weighted by atomic mass is 32.2. The van der Waals surface area contributed by atoms with Crippen molar-refractivity contribution in [1.29, 1.82) is 0 Å². The molecule has 1 saturated heterocycles. The van der Waals surface area contributed by atoms with Crippen LogP contribution in [0.4, 0.5) is 0 Å². The van der Waals surface area contributed by atoms with Crippen molar-refractivity contribution < 1.29 is 14.3 Å². The van der Waals surface area contributed by atoms with Gasteiger partial charge in [-0.1, -0.05) is 11.8 Å². The third-order valence-corrected chi connectivity index (χ3v) is 4.99. The van der Waals surface area contributed by atoms with Gasteiger partial charge in [-0.3, -0.25) is 9.36 Å². The fraction of sp³-hybridized carbons (Fsp3) is 0.471. The molecule has 1 aliphatic heterocycles. The van der Waals surface area contributed by atoms with Gasteiger partial charge >= 0.3 is 0 Å². The largest absolute Gasteiger partial charge is 0.497 e. The van der Waals surface area contributed by atoms with Crippen molar-refractivity contribution in [3.8, 4) is 17.1 Å². The minimum Gasteiger partial charge on any atom is -0.497 e. The molecule has 1 unspecified atom stereocenters. The maximum Gasteiger partial charge on any atom is 0.192 e. The van der Waals surface area contributed by atoms with Gasteiger partial charge < -0.3 is 9.47 Å². The lowest BCUT2D eigenvalue weighted by Gasteiger charge is -2.14. The first-order valence-corrected chi connectivity index (χ1v) is 8.97. The average molecular weight is 347 g/mol. The Morgan fingerprint density at radius 2 is 2.17 bits per heavy atom. The molecule has 24 heavy (non-hydrogen) atoms. The molecule has 1 aliphatic rings. The van der Waals surface area contributed by atoms with Crippen molar-refractivity contribution in [2.75, 3.05) is 19.5 Å². The van der Waals surface area contributed by atoms with Crippen LogP contribution in [0.15, 0.2) is 29.4 Å². The molecule has 1 fully saturated rings. The summed E-state index contributed by atoms with van der Waals surface area (Å²) in [7, 11) is 1.64. The summed E-state index contributed by atoms with van der Waals surface area (Å²) in [5.41, 5.74) is 0.968. The van der Waals surface area contributed by atoms with Crippen molar-refractivity contribution in [2.45, 2.75) is 37.6 Å². The Morgan fingerprint density at radius 3 is 2.79 bits per heavy atom. The monoisotopic (exact) mass is 347 g/mol. The first-order chi connectivity index (χ1) is 11.7. The summed E-state index contributed by atoms with van der Waals surface area (Å²) in [6.07, 6.45) is 2.30. The number of thioether (sulfide) groups is 1. The molecule has 0 N–H and O–H groups in total. The zero-order chi connectivity index (χ0) is 16.9. The highest BCUT2D eigenvalue weighted by molar-refractivity contribution is 7.99. The van der Waals surface area contributed by atoms with Gasteiger partial charge in [0, 0.05) is 12.2 Å². The van der Waals surface area contributed by atoms with Gasteiger partial charge in [0.1, 0.15) is 11.5 Å². The molecule has 1 atom stereocenters. The lowest BCUT2D eigenvalue weighted by Crippen LogP contribution is -2.17. The van der Waals surface area contributed by atoms with Gasteiger partial charge in [0.25, 0.3) is 0 Å². The van der Waals surface area contributed by atoms with E-state index in [2.05, 4.69) is 14.8 Å². The highest BCUT2D eigenvalue weighted by Crippen LogP contribution is 2.27. The zero-order valence-corrected chi connectivity index (χ0v) is 14.7. The molecular weight excluding hydrogens is 326 g/mol.